The van der Waals surface area contributed by atoms with Gasteiger partial charge in [-0.05, 0) is 28.1 Å². The SMILES string of the molecule is COCC(CNC(=O)c1ccc(Br)cn1)OC. The Balaban J connectivity index is 2.46. The summed E-state index contributed by atoms with van der Waals surface area (Å²) in [6.07, 6.45) is 1.43. The molecule has 0 bridgehead atoms. The quantitative estimate of drug-likeness (QED) is 0.859. The third-order valence-electron chi connectivity index (χ3n) is 2.14. The van der Waals surface area contributed by atoms with Gasteiger partial charge >= 0.3 is 0 Å². The Morgan fingerprint density at radius 3 is 2.82 bits per heavy atom. The van der Waals surface area contributed by atoms with Gasteiger partial charge in [-0.15, -0.1) is 0 Å². The molecule has 0 saturated heterocycles. The number of hydrogen-bond donors (Lipinski definition) is 1. The molecule has 0 aliphatic heterocycles. The minimum absolute atomic E-state index is 0.153. The van der Waals surface area contributed by atoms with E-state index in [1.165, 1.54) is 0 Å². The molecule has 5 nitrogen and oxygen atoms in total. The second kappa shape index (κ2) is 7.37. The number of amides is 1. The first-order chi connectivity index (χ1) is 8.17. The summed E-state index contributed by atoms with van der Waals surface area (Å²) in [6, 6.07) is 3.42. The van der Waals surface area contributed by atoms with E-state index in [9.17, 15) is 4.79 Å². The van der Waals surface area contributed by atoms with Crippen LogP contribution in [0, 0.1) is 0 Å². The number of carbonyl (C=O) groups is 1. The molecule has 94 valence electrons. The molecule has 1 rings (SSSR count). The fraction of sp³-hybridized carbons (Fsp3) is 0.455. The van der Waals surface area contributed by atoms with Gasteiger partial charge in [0.25, 0.3) is 5.91 Å². The number of pyridine rings is 1. The van der Waals surface area contributed by atoms with Gasteiger partial charge in [0.15, 0.2) is 0 Å². The van der Waals surface area contributed by atoms with Crippen LogP contribution in [0.3, 0.4) is 0 Å². The van der Waals surface area contributed by atoms with Crippen molar-refractivity contribution >= 4 is 21.8 Å². The Labute approximate surface area is 109 Å². The lowest BCUT2D eigenvalue weighted by Crippen LogP contribution is -2.35. The number of methoxy groups -OCH3 is 2. The molecule has 0 aliphatic rings. The van der Waals surface area contributed by atoms with Crippen LogP contribution in [0.15, 0.2) is 22.8 Å². The predicted molar refractivity (Wildman–Crippen MR) is 66.9 cm³/mol. The molecule has 1 aromatic heterocycles. The number of nitrogens with one attached hydrogen (secondary N) is 1. The monoisotopic (exact) mass is 302 g/mol. The number of hydrogen-bond acceptors (Lipinski definition) is 4. The van der Waals surface area contributed by atoms with Crippen LogP contribution in [0.25, 0.3) is 0 Å². The Morgan fingerprint density at radius 2 is 2.29 bits per heavy atom. The van der Waals surface area contributed by atoms with Crippen molar-refractivity contribution in [2.45, 2.75) is 6.10 Å². The number of nitrogens with zero attached hydrogens (tertiary/aromatic N) is 1. The van der Waals surface area contributed by atoms with Crippen LogP contribution in [-0.4, -0.2) is 44.4 Å². The van der Waals surface area contributed by atoms with Crippen LogP contribution in [0.1, 0.15) is 10.5 Å². The Bertz CT molecular complexity index is 356. The summed E-state index contributed by atoms with van der Waals surface area (Å²) in [6.45, 7) is 0.825. The number of carbonyl (C=O) groups excluding carboxylic acids is 1. The molecule has 0 radical (unpaired) electrons. The highest BCUT2D eigenvalue weighted by Crippen LogP contribution is 2.07. The van der Waals surface area contributed by atoms with Crippen molar-refractivity contribution < 1.29 is 14.3 Å². The summed E-state index contributed by atoms with van der Waals surface area (Å²) in [7, 11) is 3.16. The van der Waals surface area contributed by atoms with Gasteiger partial charge in [0, 0.05) is 31.4 Å². The molecule has 0 fully saturated rings. The fourth-order valence-electron chi connectivity index (χ4n) is 1.20. The molecule has 17 heavy (non-hydrogen) atoms. The molecule has 0 saturated carbocycles. The van der Waals surface area contributed by atoms with Crippen LogP contribution in [0.2, 0.25) is 0 Å². The third-order valence-corrected chi connectivity index (χ3v) is 2.61. The van der Waals surface area contributed by atoms with E-state index in [-0.39, 0.29) is 12.0 Å². The maximum Gasteiger partial charge on any atom is 0.269 e. The average Bonchev–Trinajstić information content (AvgIpc) is 2.35. The maximum atomic E-state index is 11.7. The van der Waals surface area contributed by atoms with Gasteiger partial charge in [-0.1, -0.05) is 0 Å². The fourth-order valence-corrected chi connectivity index (χ4v) is 1.44. The Hall–Kier alpha value is -0.980. The van der Waals surface area contributed by atoms with Gasteiger partial charge in [-0.25, -0.2) is 4.98 Å². The first-order valence-corrected chi connectivity index (χ1v) is 5.88. The number of rotatable bonds is 6. The summed E-state index contributed by atoms with van der Waals surface area (Å²) in [5, 5.41) is 2.73. The molecule has 1 N–H and O–H groups in total. The lowest BCUT2D eigenvalue weighted by molar-refractivity contribution is 0.0285. The van der Waals surface area contributed by atoms with Crippen molar-refractivity contribution in [3.05, 3.63) is 28.5 Å². The zero-order chi connectivity index (χ0) is 12.7. The predicted octanol–water partition coefficient (Wildman–Crippen LogP) is 1.24. The van der Waals surface area contributed by atoms with Crippen LogP contribution in [-0.2, 0) is 9.47 Å². The van der Waals surface area contributed by atoms with E-state index in [4.69, 9.17) is 9.47 Å². The number of ether oxygens (including phenoxy) is 2. The molecule has 6 heteroatoms. The van der Waals surface area contributed by atoms with Crippen molar-refractivity contribution in [1.82, 2.24) is 10.3 Å². The van der Waals surface area contributed by atoms with Gasteiger partial charge in [-0.2, -0.15) is 0 Å². The molecular formula is C11H15BrN2O3. The van der Waals surface area contributed by atoms with Gasteiger partial charge in [0.2, 0.25) is 0 Å². The van der Waals surface area contributed by atoms with Crippen LogP contribution in [0.5, 0.6) is 0 Å². The zero-order valence-corrected chi connectivity index (χ0v) is 11.4. The van der Waals surface area contributed by atoms with Crippen molar-refractivity contribution in [3.8, 4) is 0 Å². The molecular weight excluding hydrogens is 288 g/mol. The standard InChI is InChI=1S/C11H15BrN2O3/c1-16-7-9(17-2)6-14-11(15)10-4-3-8(12)5-13-10/h3-5,9H,6-7H2,1-2H3,(H,14,15). The van der Waals surface area contributed by atoms with Crippen LogP contribution in [0.4, 0.5) is 0 Å². The van der Waals surface area contributed by atoms with Crippen molar-refractivity contribution in [2.24, 2.45) is 0 Å². The molecule has 0 spiro atoms. The summed E-state index contributed by atoms with van der Waals surface area (Å²) in [5.74, 6) is -0.226. The first kappa shape index (κ1) is 14.1. The summed E-state index contributed by atoms with van der Waals surface area (Å²) in [4.78, 5) is 15.7. The normalized spacial score (nSPS) is 12.2. The molecule has 1 amide bonds. The highest BCUT2D eigenvalue weighted by atomic mass is 79.9. The smallest absolute Gasteiger partial charge is 0.269 e. The molecule has 1 heterocycles. The van der Waals surface area contributed by atoms with E-state index in [1.807, 2.05) is 0 Å². The molecule has 1 atom stereocenters. The minimum Gasteiger partial charge on any atom is -0.382 e. The van der Waals surface area contributed by atoms with Gasteiger partial charge in [0.1, 0.15) is 5.69 Å². The van der Waals surface area contributed by atoms with Crippen molar-refractivity contribution in [3.63, 3.8) is 0 Å². The Morgan fingerprint density at radius 1 is 1.53 bits per heavy atom. The van der Waals surface area contributed by atoms with Gasteiger partial charge in [0.05, 0.1) is 12.7 Å². The lowest BCUT2D eigenvalue weighted by atomic mass is 10.3. The average molecular weight is 303 g/mol. The second-order valence-electron chi connectivity index (χ2n) is 3.38. The van der Waals surface area contributed by atoms with Crippen molar-refractivity contribution in [1.29, 1.82) is 0 Å². The van der Waals surface area contributed by atoms with E-state index in [2.05, 4.69) is 26.2 Å². The molecule has 1 unspecified atom stereocenters. The van der Waals surface area contributed by atoms with Crippen molar-refractivity contribution in [2.75, 3.05) is 27.4 Å². The summed E-state index contributed by atoms with van der Waals surface area (Å²) in [5.41, 5.74) is 0.375. The van der Waals surface area contributed by atoms with E-state index < -0.39 is 0 Å². The number of aromatic nitrogens is 1. The molecule has 0 aromatic carbocycles. The van der Waals surface area contributed by atoms with E-state index in [1.54, 1.807) is 32.5 Å². The van der Waals surface area contributed by atoms with Crippen LogP contribution >= 0.6 is 15.9 Å². The van der Waals surface area contributed by atoms with Gasteiger partial charge in [-0.3, -0.25) is 4.79 Å². The topological polar surface area (TPSA) is 60.5 Å². The lowest BCUT2D eigenvalue weighted by Gasteiger charge is -2.14. The van der Waals surface area contributed by atoms with E-state index in [0.29, 0.717) is 18.8 Å². The highest BCUT2D eigenvalue weighted by Gasteiger charge is 2.11. The summed E-state index contributed by atoms with van der Waals surface area (Å²) >= 11 is 3.26. The Kier molecular flexibility index (Phi) is 6.10. The molecule has 1 aromatic rings. The third kappa shape index (κ3) is 4.80. The number of halogens is 1. The molecule has 0 aliphatic carbocycles. The highest BCUT2D eigenvalue weighted by molar-refractivity contribution is 9.10. The van der Waals surface area contributed by atoms with E-state index >= 15 is 0 Å². The minimum atomic E-state index is -0.226. The van der Waals surface area contributed by atoms with E-state index in [0.717, 1.165) is 4.47 Å². The van der Waals surface area contributed by atoms with Crippen LogP contribution < -0.4 is 5.32 Å². The maximum absolute atomic E-state index is 11.7. The zero-order valence-electron chi connectivity index (χ0n) is 9.77. The summed E-state index contributed by atoms with van der Waals surface area (Å²) < 4.78 is 10.9. The largest absolute Gasteiger partial charge is 0.382 e. The van der Waals surface area contributed by atoms with Gasteiger partial charge < -0.3 is 14.8 Å². The first-order valence-electron chi connectivity index (χ1n) is 5.09. The second-order valence-corrected chi connectivity index (χ2v) is 4.30.